The van der Waals surface area contributed by atoms with Crippen molar-refractivity contribution in [2.45, 2.75) is 13.5 Å². The molecule has 0 bridgehead atoms. The first-order valence-corrected chi connectivity index (χ1v) is 4.70. The Morgan fingerprint density at radius 2 is 2.46 bits per heavy atom. The molecule has 0 saturated carbocycles. The van der Waals surface area contributed by atoms with Crippen LogP contribution in [-0.4, -0.2) is 41.8 Å². The van der Waals surface area contributed by atoms with Gasteiger partial charge in [-0.15, -0.1) is 0 Å². The van der Waals surface area contributed by atoms with Gasteiger partial charge in [-0.2, -0.15) is 5.10 Å². The number of H-pyrrole nitrogens is 1. The van der Waals surface area contributed by atoms with Crippen LogP contribution in [0.25, 0.3) is 0 Å². The van der Waals surface area contributed by atoms with Crippen molar-refractivity contribution in [1.29, 1.82) is 0 Å². The highest BCUT2D eigenvalue weighted by atomic mass is 15.1. The molecule has 74 valence electrons. The molecule has 0 spiro atoms. The van der Waals surface area contributed by atoms with Crippen LogP contribution in [-0.2, 0) is 6.54 Å². The maximum atomic E-state index is 3.90. The highest BCUT2D eigenvalue weighted by Crippen LogP contribution is 1.97. The molecule has 0 fully saturated rings. The van der Waals surface area contributed by atoms with E-state index in [1.54, 1.807) is 0 Å². The number of likely N-dealkylation sites (N-methyl/N-ethyl adjacent to an activating group) is 2. The Morgan fingerprint density at radius 1 is 1.62 bits per heavy atom. The van der Waals surface area contributed by atoms with Gasteiger partial charge in [0.15, 0.2) is 0 Å². The lowest BCUT2D eigenvalue weighted by molar-refractivity contribution is 0.325. The van der Waals surface area contributed by atoms with Gasteiger partial charge < -0.3 is 10.2 Å². The minimum atomic E-state index is 0.960. The molecule has 0 radical (unpaired) electrons. The smallest absolute Gasteiger partial charge is 0.0532 e. The Hall–Kier alpha value is -0.870. The van der Waals surface area contributed by atoms with Crippen LogP contribution in [0.2, 0.25) is 0 Å². The Morgan fingerprint density at radius 3 is 3.08 bits per heavy atom. The fourth-order valence-electron chi connectivity index (χ4n) is 1.20. The third kappa shape index (κ3) is 4.05. The first-order valence-electron chi connectivity index (χ1n) is 4.70. The van der Waals surface area contributed by atoms with Crippen LogP contribution < -0.4 is 5.32 Å². The molecule has 2 N–H and O–H groups in total. The summed E-state index contributed by atoms with van der Waals surface area (Å²) in [6, 6.07) is 0. The SMILES string of the molecule is CCNCCN(C)Cc1cn[nH]c1. The van der Waals surface area contributed by atoms with Crippen molar-refractivity contribution < 1.29 is 0 Å². The second kappa shape index (κ2) is 5.72. The van der Waals surface area contributed by atoms with E-state index in [4.69, 9.17) is 0 Å². The lowest BCUT2D eigenvalue weighted by atomic mass is 10.3. The van der Waals surface area contributed by atoms with Crippen LogP contribution in [0.15, 0.2) is 12.4 Å². The van der Waals surface area contributed by atoms with Crippen LogP contribution in [0.4, 0.5) is 0 Å². The van der Waals surface area contributed by atoms with Crippen LogP contribution in [0.5, 0.6) is 0 Å². The van der Waals surface area contributed by atoms with Crippen LogP contribution >= 0.6 is 0 Å². The van der Waals surface area contributed by atoms with Gasteiger partial charge in [0.2, 0.25) is 0 Å². The van der Waals surface area contributed by atoms with Crippen molar-refractivity contribution in [3.8, 4) is 0 Å². The highest BCUT2D eigenvalue weighted by Gasteiger charge is 1.99. The Balaban J connectivity index is 2.14. The van der Waals surface area contributed by atoms with E-state index in [1.807, 2.05) is 12.4 Å². The number of hydrogen-bond donors (Lipinski definition) is 2. The second-order valence-corrected chi connectivity index (χ2v) is 3.20. The largest absolute Gasteiger partial charge is 0.316 e. The first kappa shape index (κ1) is 10.2. The van der Waals surface area contributed by atoms with E-state index in [-0.39, 0.29) is 0 Å². The molecule has 0 saturated heterocycles. The third-order valence-corrected chi connectivity index (χ3v) is 1.93. The van der Waals surface area contributed by atoms with E-state index in [9.17, 15) is 0 Å². The van der Waals surface area contributed by atoms with Crippen molar-refractivity contribution in [2.24, 2.45) is 0 Å². The molecule has 1 aromatic heterocycles. The van der Waals surface area contributed by atoms with Gasteiger partial charge in [0.05, 0.1) is 6.20 Å². The van der Waals surface area contributed by atoms with Crippen molar-refractivity contribution in [2.75, 3.05) is 26.7 Å². The molecule has 13 heavy (non-hydrogen) atoms. The topological polar surface area (TPSA) is 44.0 Å². The van der Waals surface area contributed by atoms with Gasteiger partial charge >= 0.3 is 0 Å². The average Bonchev–Trinajstić information content (AvgIpc) is 2.57. The number of nitrogens with one attached hydrogen (secondary N) is 2. The molecule has 4 nitrogen and oxygen atoms in total. The molecular formula is C9H18N4. The van der Waals surface area contributed by atoms with E-state index in [0.717, 1.165) is 26.2 Å². The molecule has 0 atom stereocenters. The van der Waals surface area contributed by atoms with E-state index < -0.39 is 0 Å². The summed E-state index contributed by atoms with van der Waals surface area (Å²) in [6.45, 7) is 6.24. The summed E-state index contributed by atoms with van der Waals surface area (Å²) in [6.07, 6.45) is 3.80. The molecule has 0 aliphatic heterocycles. The number of aromatic nitrogens is 2. The van der Waals surface area contributed by atoms with Crippen molar-refractivity contribution in [3.63, 3.8) is 0 Å². The van der Waals surface area contributed by atoms with Gasteiger partial charge in [0.1, 0.15) is 0 Å². The maximum Gasteiger partial charge on any atom is 0.0532 e. The van der Waals surface area contributed by atoms with Crippen molar-refractivity contribution in [3.05, 3.63) is 18.0 Å². The van der Waals surface area contributed by atoms with E-state index >= 15 is 0 Å². The molecular weight excluding hydrogens is 164 g/mol. The Kier molecular flexibility index (Phi) is 4.49. The van der Waals surface area contributed by atoms with E-state index in [0.29, 0.717) is 0 Å². The predicted octanol–water partition coefficient (Wildman–Crippen LogP) is 0.451. The minimum absolute atomic E-state index is 0.960. The zero-order valence-corrected chi connectivity index (χ0v) is 8.38. The summed E-state index contributed by atoms with van der Waals surface area (Å²) in [7, 11) is 2.12. The summed E-state index contributed by atoms with van der Waals surface area (Å²) < 4.78 is 0. The van der Waals surface area contributed by atoms with Gasteiger partial charge in [-0.1, -0.05) is 6.92 Å². The number of aromatic amines is 1. The van der Waals surface area contributed by atoms with Gasteiger partial charge in [0.25, 0.3) is 0 Å². The molecule has 0 aromatic carbocycles. The Bertz CT molecular complexity index is 207. The van der Waals surface area contributed by atoms with Crippen molar-refractivity contribution in [1.82, 2.24) is 20.4 Å². The third-order valence-electron chi connectivity index (χ3n) is 1.93. The van der Waals surface area contributed by atoms with Crippen LogP contribution in [0.3, 0.4) is 0 Å². The van der Waals surface area contributed by atoms with Gasteiger partial charge in [0, 0.05) is 31.4 Å². The number of nitrogens with zero attached hydrogens (tertiary/aromatic N) is 2. The van der Waals surface area contributed by atoms with E-state index in [2.05, 4.69) is 34.4 Å². The fourth-order valence-corrected chi connectivity index (χ4v) is 1.20. The number of rotatable bonds is 6. The monoisotopic (exact) mass is 182 g/mol. The van der Waals surface area contributed by atoms with Gasteiger partial charge in [-0.3, -0.25) is 5.10 Å². The highest BCUT2D eigenvalue weighted by molar-refractivity contribution is 5.01. The normalized spacial score (nSPS) is 11.0. The lowest BCUT2D eigenvalue weighted by Gasteiger charge is -2.15. The lowest BCUT2D eigenvalue weighted by Crippen LogP contribution is -2.28. The molecule has 0 aliphatic carbocycles. The molecule has 0 amide bonds. The molecule has 1 rings (SSSR count). The second-order valence-electron chi connectivity index (χ2n) is 3.20. The molecule has 1 aromatic rings. The number of hydrogen-bond acceptors (Lipinski definition) is 3. The quantitative estimate of drug-likeness (QED) is 0.628. The summed E-state index contributed by atoms with van der Waals surface area (Å²) in [5, 5.41) is 10.0. The summed E-state index contributed by atoms with van der Waals surface area (Å²) in [5.74, 6) is 0. The molecule has 0 aliphatic rings. The molecule has 1 heterocycles. The zero-order valence-electron chi connectivity index (χ0n) is 8.38. The zero-order chi connectivity index (χ0) is 9.52. The summed E-state index contributed by atoms with van der Waals surface area (Å²) in [5.41, 5.74) is 1.24. The van der Waals surface area contributed by atoms with E-state index in [1.165, 1.54) is 5.56 Å². The molecule has 4 heteroatoms. The molecule has 0 unspecified atom stereocenters. The van der Waals surface area contributed by atoms with Gasteiger partial charge in [-0.25, -0.2) is 0 Å². The fraction of sp³-hybridized carbons (Fsp3) is 0.667. The minimum Gasteiger partial charge on any atom is -0.316 e. The van der Waals surface area contributed by atoms with Crippen molar-refractivity contribution >= 4 is 0 Å². The predicted molar refractivity (Wildman–Crippen MR) is 53.5 cm³/mol. The van der Waals surface area contributed by atoms with Crippen LogP contribution in [0.1, 0.15) is 12.5 Å². The summed E-state index contributed by atoms with van der Waals surface area (Å²) >= 11 is 0. The van der Waals surface area contributed by atoms with Crippen LogP contribution in [0, 0.1) is 0 Å². The average molecular weight is 182 g/mol. The summed E-state index contributed by atoms with van der Waals surface area (Å²) in [4.78, 5) is 2.27. The standard InChI is InChI=1S/C9H18N4/c1-3-10-4-5-13(2)8-9-6-11-12-7-9/h6-7,10H,3-5,8H2,1-2H3,(H,11,12). The maximum absolute atomic E-state index is 3.90. The first-order chi connectivity index (χ1) is 6.33. The Labute approximate surface area is 79.3 Å². The van der Waals surface area contributed by atoms with Gasteiger partial charge in [-0.05, 0) is 13.6 Å².